The number of aryl methyl sites for hydroxylation is 2. The van der Waals surface area contributed by atoms with Gasteiger partial charge >= 0.3 is 0 Å². The van der Waals surface area contributed by atoms with Gasteiger partial charge in [0.2, 0.25) is 5.91 Å². The smallest absolute Gasteiger partial charge is 0.294 e. The van der Waals surface area contributed by atoms with Crippen LogP contribution in [0.5, 0.6) is 0 Å². The van der Waals surface area contributed by atoms with Gasteiger partial charge in [-0.15, -0.1) is 0 Å². The van der Waals surface area contributed by atoms with Crippen LogP contribution in [0.2, 0.25) is 0 Å². The minimum Gasteiger partial charge on any atom is -0.340 e. The number of carbonyl (C=O) groups is 3. The van der Waals surface area contributed by atoms with E-state index in [0.717, 1.165) is 55.5 Å². The highest BCUT2D eigenvalue weighted by Crippen LogP contribution is 2.36. The van der Waals surface area contributed by atoms with E-state index in [-0.39, 0.29) is 11.4 Å². The molecule has 8 heteroatoms. The molecule has 1 aromatic heterocycles. The van der Waals surface area contributed by atoms with Crippen molar-refractivity contribution in [3.8, 4) is 6.07 Å². The van der Waals surface area contributed by atoms with Gasteiger partial charge in [-0.2, -0.15) is 5.26 Å². The van der Waals surface area contributed by atoms with Crippen molar-refractivity contribution in [1.82, 2.24) is 9.47 Å². The molecule has 0 spiro atoms. The van der Waals surface area contributed by atoms with E-state index in [1.165, 1.54) is 0 Å². The number of fused-ring (bicyclic) bond motifs is 1. The van der Waals surface area contributed by atoms with Crippen LogP contribution in [0.1, 0.15) is 33.5 Å². The highest BCUT2D eigenvalue weighted by atomic mass is 32.2. The van der Waals surface area contributed by atoms with E-state index in [0.29, 0.717) is 17.8 Å². The highest BCUT2D eigenvalue weighted by Gasteiger charge is 2.36. The van der Waals surface area contributed by atoms with Gasteiger partial charge in [0.05, 0.1) is 16.5 Å². The molecule has 0 atom stereocenters. The van der Waals surface area contributed by atoms with E-state index < -0.39 is 17.1 Å². The van der Waals surface area contributed by atoms with Crippen molar-refractivity contribution in [2.24, 2.45) is 0 Å². The zero-order valence-corrected chi connectivity index (χ0v) is 22.6. The highest BCUT2D eigenvalue weighted by molar-refractivity contribution is 8.18. The molecule has 39 heavy (non-hydrogen) atoms. The molecule has 5 rings (SSSR count). The lowest BCUT2D eigenvalue weighted by molar-refractivity contribution is -0.127. The molecule has 0 unspecified atom stereocenters. The summed E-state index contributed by atoms with van der Waals surface area (Å²) in [5.41, 5.74) is 6.95. The van der Waals surface area contributed by atoms with E-state index in [4.69, 9.17) is 0 Å². The first kappa shape index (κ1) is 26.0. The lowest BCUT2D eigenvalue weighted by Gasteiger charge is -2.13. The fourth-order valence-electron chi connectivity index (χ4n) is 4.71. The van der Waals surface area contributed by atoms with Gasteiger partial charge in [-0.25, -0.2) is 0 Å². The van der Waals surface area contributed by atoms with Crippen LogP contribution in [0.3, 0.4) is 0 Å². The number of nitrogens with zero attached hydrogens (tertiary/aromatic N) is 3. The molecular weight excluding hydrogens is 508 g/mol. The molecule has 3 aromatic carbocycles. The Balaban J connectivity index is 1.42. The third-order valence-corrected chi connectivity index (χ3v) is 7.89. The number of aromatic nitrogens is 1. The number of hydrogen-bond acceptors (Lipinski definition) is 5. The molecule has 1 aliphatic rings. The summed E-state index contributed by atoms with van der Waals surface area (Å²) in [6, 6.07) is 23.1. The normalized spacial score (nSPS) is 14.3. The second-order valence-corrected chi connectivity index (χ2v) is 10.5. The molecule has 7 nitrogen and oxygen atoms in total. The van der Waals surface area contributed by atoms with Crippen LogP contribution in [0.15, 0.2) is 71.6 Å². The predicted octanol–water partition coefficient (Wildman–Crippen LogP) is 6.16. The van der Waals surface area contributed by atoms with E-state index in [9.17, 15) is 19.6 Å². The van der Waals surface area contributed by atoms with Gasteiger partial charge in [0.15, 0.2) is 0 Å². The molecule has 1 fully saturated rings. The van der Waals surface area contributed by atoms with Crippen molar-refractivity contribution in [1.29, 1.82) is 5.26 Å². The van der Waals surface area contributed by atoms with Crippen molar-refractivity contribution in [2.75, 3.05) is 11.9 Å². The summed E-state index contributed by atoms with van der Waals surface area (Å²) in [5, 5.41) is 12.8. The quantitative estimate of drug-likeness (QED) is 0.299. The third kappa shape index (κ3) is 5.09. The molecule has 0 radical (unpaired) electrons. The monoisotopic (exact) mass is 534 g/mol. The average Bonchev–Trinajstić information content (AvgIpc) is 3.34. The van der Waals surface area contributed by atoms with Gasteiger partial charge < -0.3 is 9.88 Å². The number of amides is 3. The van der Waals surface area contributed by atoms with Crippen molar-refractivity contribution in [3.05, 3.63) is 105 Å². The maximum atomic E-state index is 13.2. The fraction of sp³-hybridized carbons (Fsp3) is 0.161. The van der Waals surface area contributed by atoms with Gasteiger partial charge in [-0.3, -0.25) is 19.3 Å². The Morgan fingerprint density at radius 3 is 2.51 bits per heavy atom. The van der Waals surface area contributed by atoms with Gasteiger partial charge in [-0.1, -0.05) is 42.5 Å². The Bertz CT molecular complexity index is 1730. The van der Waals surface area contributed by atoms with Gasteiger partial charge in [0.25, 0.3) is 11.1 Å². The minimum absolute atomic E-state index is 0.266. The number of benzene rings is 3. The van der Waals surface area contributed by atoms with Crippen LogP contribution >= 0.6 is 11.8 Å². The van der Waals surface area contributed by atoms with Gasteiger partial charge in [-0.05, 0) is 79.6 Å². The second kappa shape index (κ2) is 10.6. The Labute approximate surface area is 230 Å². The number of rotatable bonds is 6. The summed E-state index contributed by atoms with van der Waals surface area (Å²) in [6.45, 7) is 6.03. The van der Waals surface area contributed by atoms with E-state index in [2.05, 4.69) is 16.0 Å². The SMILES string of the molecule is Cc1ccc(NC(=O)CN2C(=O)S/C(=C\c3c(C)n(Cc4ccccc4C#N)c4ccccc34)C2=O)cc1C. The largest absolute Gasteiger partial charge is 0.340 e. The number of carbonyl (C=O) groups excluding carboxylic acids is 3. The van der Waals surface area contributed by atoms with E-state index >= 15 is 0 Å². The first-order chi connectivity index (χ1) is 18.8. The summed E-state index contributed by atoms with van der Waals surface area (Å²) < 4.78 is 2.11. The predicted molar refractivity (Wildman–Crippen MR) is 154 cm³/mol. The zero-order valence-electron chi connectivity index (χ0n) is 21.8. The Kier molecular flexibility index (Phi) is 7.09. The van der Waals surface area contributed by atoms with Crippen LogP contribution in [0, 0.1) is 32.1 Å². The zero-order chi connectivity index (χ0) is 27.7. The molecule has 1 aliphatic heterocycles. The molecule has 1 saturated heterocycles. The van der Waals surface area contributed by atoms with Crippen LogP contribution in [0.25, 0.3) is 17.0 Å². The first-order valence-electron chi connectivity index (χ1n) is 12.4. The molecule has 4 aromatic rings. The number of nitrogens with one attached hydrogen (secondary N) is 1. The van der Waals surface area contributed by atoms with Crippen molar-refractivity contribution < 1.29 is 14.4 Å². The molecule has 0 aliphatic carbocycles. The summed E-state index contributed by atoms with van der Waals surface area (Å²) in [5.74, 6) is -0.933. The minimum atomic E-state index is -0.494. The summed E-state index contributed by atoms with van der Waals surface area (Å²) in [7, 11) is 0. The molecule has 194 valence electrons. The van der Waals surface area contributed by atoms with E-state index in [1.807, 2.05) is 75.4 Å². The Hall–Kier alpha value is -4.61. The summed E-state index contributed by atoms with van der Waals surface area (Å²) in [4.78, 5) is 39.9. The lowest BCUT2D eigenvalue weighted by Crippen LogP contribution is -2.36. The van der Waals surface area contributed by atoms with Crippen molar-refractivity contribution in [2.45, 2.75) is 27.3 Å². The number of nitriles is 1. The van der Waals surface area contributed by atoms with Crippen molar-refractivity contribution >= 4 is 51.5 Å². The van der Waals surface area contributed by atoms with Crippen LogP contribution < -0.4 is 5.32 Å². The Morgan fingerprint density at radius 1 is 1.00 bits per heavy atom. The molecule has 2 heterocycles. The standard InChI is InChI=1S/C31H26N4O3S/c1-19-12-13-24(14-20(19)2)33-29(36)18-35-30(37)28(39-31(35)38)15-26-21(3)34(27-11-7-6-10-25(26)27)17-23-9-5-4-8-22(23)16-32/h4-15H,17-18H2,1-3H3,(H,33,36)/b28-15-. The number of para-hydroxylation sites is 1. The number of anilines is 1. The molecular formula is C31H26N4O3S. The summed E-state index contributed by atoms with van der Waals surface area (Å²) in [6.07, 6.45) is 1.73. The van der Waals surface area contributed by atoms with E-state index in [1.54, 1.807) is 18.2 Å². The van der Waals surface area contributed by atoms with Gasteiger partial charge in [0, 0.05) is 34.4 Å². The average molecular weight is 535 g/mol. The maximum absolute atomic E-state index is 13.2. The number of hydrogen-bond donors (Lipinski definition) is 1. The Morgan fingerprint density at radius 2 is 1.74 bits per heavy atom. The fourth-order valence-corrected chi connectivity index (χ4v) is 5.53. The molecule has 1 N–H and O–H groups in total. The topological polar surface area (TPSA) is 95.2 Å². The van der Waals surface area contributed by atoms with Crippen LogP contribution in [-0.4, -0.2) is 33.1 Å². The summed E-state index contributed by atoms with van der Waals surface area (Å²) >= 11 is 0.832. The second-order valence-electron chi connectivity index (χ2n) is 9.49. The lowest BCUT2D eigenvalue weighted by atomic mass is 10.1. The molecule has 0 bridgehead atoms. The maximum Gasteiger partial charge on any atom is 0.294 e. The molecule has 0 saturated carbocycles. The third-order valence-electron chi connectivity index (χ3n) is 6.99. The number of thioether (sulfide) groups is 1. The van der Waals surface area contributed by atoms with Crippen molar-refractivity contribution in [3.63, 3.8) is 0 Å². The van der Waals surface area contributed by atoms with Crippen LogP contribution in [-0.2, 0) is 16.1 Å². The number of imide groups is 1. The first-order valence-corrected chi connectivity index (χ1v) is 13.3. The van der Waals surface area contributed by atoms with Gasteiger partial charge in [0.1, 0.15) is 6.54 Å². The van der Waals surface area contributed by atoms with Crippen LogP contribution in [0.4, 0.5) is 10.5 Å². The molecule has 3 amide bonds.